The summed E-state index contributed by atoms with van der Waals surface area (Å²) in [5, 5.41) is 2.99. The molecule has 6 nitrogen and oxygen atoms in total. The molecule has 0 saturated carbocycles. The third-order valence-electron chi connectivity index (χ3n) is 4.98. The molecule has 3 rings (SSSR count). The number of ether oxygens (including phenoxy) is 2. The lowest BCUT2D eigenvalue weighted by Gasteiger charge is -2.33. The first-order valence-corrected chi connectivity index (χ1v) is 9.38. The molecule has 6 heteroatoms. The highest BCUT2D eigenvalue weighted by molar-refractivity contribution is 5.77. The molecule has 2 aromatic rings. The van der Waals surface area contributed by atoms with Gasteiger partial charge in [-0.1, -0.05) is 12.1 Å². The summed E-state index contributed by atoms with van der Waals surface area (Å²) in [6, 6.07) is 9.77. The molecule has 1 unspecified atom stereocenters. The van der Waals surface area contributed by atoms with Gasteiger partial charge in [0.1, 0.15) is 17.3 Å². The van der Waals surface area contributed by atoms with Crippen molar-refractivity contribution >= 4 is 5.91 Å². The van der Waals surface area contributed by atoms with E-state index in [2.05, 4.69) is 10.2 Å². The highest BCUT2D eigenvalue weighted by atomic mass is 16.5. The van der Waals surface area contributed by atoms with Crippen molar-refractivity contribution in [2.75, 3.05) is 39.5 Å². The highest BCUT2D eigenvalue weighted by Crippen LogP contribution is 2.23. The standard InChI is InChI=1S/C21H28N2O4/c1-15-5-4-6-19(17(15)3)26-14-21(24)22-13-18(20-8-7-16(2)27-20)23-9-11-25-12-10-23/h4-8,18H,9-14H2,1-3H3,(H,22,24). The number of rotatable bonds is 7. The van der Waals surface area contributed by atoms with E-state index < -0.39 is 0 Å². The van der Waals surface area contributed by atoms with Gasteiger partial charge in [-0.25, -0.2) is 0 Å². The van der Waals surface area contributed by atoms with Crippen LogP contribution in [0.1, 0.15) is 28.7 Å². The van der Waals surface area contributed by atoms with Gasteiger partial charge in [0, 0.05) is 19.6 Å². The summed E-state index contributed by atoms with van der Waals surface area (Å²) in [4.78, 5) is 14.6. The summed E-state index contributed by atoms with van der Waals surface area (Å²) in [5.41, 5.74) is 2.20. The Morgan fingerprint density at radius 1 is 1.19 bits per heavy atom. The third kappa shape index (κ3) is 5.11. The van der Waals surface area contributed by atoms with Gasteiger partial charge < -0.3 is 19.2 Å². The Morgan fingerprint density at radius 3 is 2.67 bits per heavy atom. The Balaban J connectivity index is 1.57. The molecule has 0 spiro atoms. The van der Waals surface area contributed by atoms with Crippen molar-refractivity contribution in [3.05, 3.63) is 53.0 Å². The molecule has 1 aromatic carbocycles. The monoisotopic (exact) mass is 372 g/mol. The van der Waals surface area contributed by atoms with Crippen LogP contribution in [0.5, 0.6) is 5.75 Å². The van der Waals surface area contributed by atoms with Crippen LogP contribution in [0.25, 0.3) is 0 Å². The molecule has 0 bridgehead atoms. The van der Waals surface area contributed by atoms with Crippen molar-refractivity contribution in [1.82, 2.24) is 10.2 Å². The number of benzene rings is 1. The van der Waals surface area contributed by atoms with Gasteiger partial charge in [0.15, 0.2) is 6.61 Å². The van der Waals surface area contributed by atoms with E-state index in [-0.39, 0.29) is 18.6 Å². The summed E-state index contributed by atoms with van der Waals surface area (Å²) in [6.45, 7) is 9.45. The summed E-state index contributed by atoms with van der Waals surface area (Å²) in [7, 11) is 0. The zero-order valence-electron chi connectivity index (χ0n) is 16.3. The van der Waals surface area contributed by atoms with E-state index in [0.29, 0.717) is 19.8 Å². The minimum Gasteiger partial charge on any atom is -0.483 e. The van der Waals surface area contributed by atoms with E-state index in [1.165, 1.54) is 0 Å². The van der Waals surface area contributed by atoms with Gasteiger partial charge in [0.2, 0.25) is 0 Å². The van der Waals surface area contributed by atoms with E-state index in [1.54, 1.807) is 0 Å². The van der Waals surface area contributed by atoms with E-state index in [9.17, 15) is 4.79 Å². The zero-order valence-corrected chi connectivity index (χ0v) is 16.3. The number of aryl methyl sites for hydroxylation is 2. The molecule has 1 N–H and O–H groups in total. The Labute approximate surface area is 160 Å². The molecule has 1 saturated heterocycles. The summed E-state index contributed by atoms with van der Waals surface area (Å²) >= 11 is 0. The first kappa shape index (κ1) is 19.5. The van der Waals surface area contributed by atoms with E-state index in [1.807, 2.05) is 51.1 Å². The number of nitrogens with one attached hydrogen (secondary N) is 1. The minimum atomic E-state index is -0.141. The van der Waals surface area contributed by atoms with Crippen molar-refractivity contribution in [1.29, 1.82) is 0 Å². The lowest BCUT2D eigenvalue weighted by molar-refractivity contribution is -0.123. The predicted molar refractivity (Wildman–Crippen MR) is 103 cm³/mol. The maximum absolute atomic E-state index is 12.3. The van der Waals surface area contributed by atoms with Gasteiger partial charge in [-0.3, -0.25) is 9.69 Å². The number of morpholine rings is 1. The second-order valence-corrected chi connectivity index (χ2v) is 6.90. The van der Waals surface area contributed by atoms with Gasteiger partial charge in [-0.15, -0.1) is 0 Å². The molecule has 1 amide bonds. The molecule has 27 heavy (non-hydrogen) atoms. The molecule has 1 atom stereocenters. The van der Waals surface area contributed by atoms with Crippen LogP contribution in [-0.2, 0) is 9.53 Å². The van der Waals surface area contributed by atoms with Gasteiger partial charge >= 0.3 is 0 Å². The van der Waals surface area contributed by atoms with E-state index in [0.717, 1.165) is 41.5 Å². The van der Waals surface area contributed by atoms with Crippen LogP contribution in [0.3, 0.4) is 0 Å². The largest absolute Gasteiger partial charge is 0.483 e. The first-order valence-electron chi connectivity index (χ1n) is 9.38. The summed E-state index contributed by atoms with van der Waals surface area (Å²) in [6.07, 6.45) is 0. The number of carbonyl (C=O) groups excluding carboxylic acids is 1. The number of hydrogen-bond acceptors (Lipinski definition) is 5. The number of carbonyl (C=O) groups is 1. The molecule has 0 radical (unpaired) electrons. The van der Waals surface area contributed by atoms with Crippen LogP contribution in [0.4, 0.5) is 0 Å². The molecule has 1 aromatic heterocycles. The smallest absolute Gasteiger partial charge is 0.258 e. The average Bonchev–Trinajstić information content (AvgIpc) is 3.10. The van der Waals surface area contributed by atoms with Crippen LogP contribution in [0.2, 0.25) is 0 Å². The van der Waals surface area contributed by atoms with Crippen LogP contribution in [0.15, 0.2) is 34.7 Å². The SMILES string of the molecule is Cc1ccc(C(CNC(=O)COc2cccc(C)c2C)N2CCOCC2)o1. The Morgan fingerprint density at radius 2 is 1.96 bits per heavy atom. The van der Waals surface area contributed by atoms with Crippen molar-refractivity contribution in [2.24, 2.45) is 0 Å². The van der Waals surface area contributed by atoms with E-state index >= 15 is 0 Å². The lowest BCUT2D eigenvalue weighted by atomic mass is 10.1. The third-order valence-corrected chi connectivity index (χ3v) is 4.98. The highest BCUT2D eigenvalue weighted by Gasteiger charge is 2.25. The van der Waals surface area contributed by atoms with Gasteiger partial charge in [0.25, 0.3) is 5.91 Å². The van der Waals surface area contributed by atoms with Crippen molar-refractivity contribution in [2.45, 2.75) is 26.8 Å². The molecular formula is C21H28N2O4. The predicted octanol–water partition coefficient (Wildman–Crippen LogP) is 2.77. The molecule has 1 aliphatic rings. The zero-order chi connectivity index (χ0) is 19.2. The van der Waals surface area contributed by atoms with Crippen LogP contribution >= 0.6 is 0 Å². The van der Waals surface area contributed by atoms with Gasteiger partial charge in [-0.2, -0.15) is 0 Å². The van der Waals surface area contributed by atoms with Crippen LogP contribution < -0.4 is 10.1 Å². The number of furan rings is 1. The fourth-order valence-corrected chi connectivity index (χ4v) is 3.22. The van der Waals surface area contributed by atoms with E-state index in [4.69, 9.17) is 13.9 Å². The first-order chi connectivity index (χ1) is 13.0. The quantitative estimate of drug-likeness (QED) is 0.810. The van der Waals surface area contributed by atoms with Crippen molar-refractivity contribution < 1.29 is 18.7 Å². The topological polar surface area (TPSA) is 63.9 Å². The lowest BCUT2D eigenvalue weighted by Crippen LogP contribution is -2.44. The Kier molecular flexibility index (Phi) is 6.53. The summed E-state index contributed by atoms with van der Waals surface area (Å²) in [5.74, 6) is 2.34. The minimum absolute atomic E-state index is 0.00267. The van der Waals surface area contributed by atoms with Crippen molar-refractivity contribution in [3.63, 3.8) is 0 Å². The van der Waals surface area contributed by atoms with Gasteiger partial charge in [-0.05, 0) is 50.1 Å². The van der Waals surface area contributed by atoms with Crippen molar-refractivity contribution in [3.8, 4) is 5.75 Å². The number of nitrogens with zero attached hydrogens (tertiary/aromatic N) is 1. The molecule has 0 aliphatic carbocycles. The molecular weight excluding hydrogens is 344 g/mol. The van der Waals surface area contributed by atoms with Crippen LogP contribution in [0, 0.1) is 20.8 Å². The fraction of sp³-hybridized carbons (Fsp3) is 0.476. The maximum atomic E-state index is 12.3. The molecule has 1 aliphatic heterocycles. The van der Waals surface area contributed by atoms with Gasteiger partial charge in [0.05, 0.1) is 19.3 Å². The molecule has 2 heterocycles. The number of hydrogen-bond donors (Lipinski definition) is 1. The van der Waals surface area contributed by atoms with Crippen LogP contribution in [-0.4, -0.2) is 50.3 Å². The normalized spacial score (nSPS) is 16.1. The maximum Gasteiger partial charge on any atom is 0.258 e. The second kappa shape index (κ2) is 9.06. The average molecular weight is 372 g/mol. The Bertz CT molecular complexity index is 765. The summed E-state index contributed by atoms with van der Waals surface area (Å²) < 4.78 is 17.0. The Hall–Kier alpha value is -2.31. The molecule has 146 valence electrons. The fourth-order valence-electron chi connectivity index (χ4n) is 3.22. The number of amides is 1. The second-order valence-electron chi connectivity index (χ2n) is 6.90. The molecule has 1 fully saturated rings.